The summed E-state index contributed by atoms with van der Waals surface area (Å²) in [6.07, 6.45) is 4.44. The van der Waals surface area contributed by atoms with Crippen LogP contribution in [-0.2, 0) is 24.7 Å². The monoisotopic (exact) mass is 209 g/mol. The van der Waals surface area contributed by atoms with E-state index in [0.29, 0.717) is 5.95 Å². The lowest BCUT2D eigenvalue weighted by Crippen LogP contribution is -2.15. The smallest absolute Gasteiger partial charge is 0.322 e. The summed E-state index contributed by atoms with van der Waals surface area (Å²) in [6.45, 7) is -0.0796. The highest BCUT2D eigenvalue weighted by molar-refractivity contribution is 5.71. The minimum atomic E-state index is -0.865. The van der Waals surface area contributed by atoms with Crippen molar-refractivity contribution < 1.29 is 9.90 Å². The zero-order valence-corrected chi connectivity index (χ0v) is 8.79. The van der Waals surface area contributed by atoms with Gasteiger partial charge in [0, 0.05) is 12.7 Å². The average molecular weight is 209 g/mol. The van der Waals surface area contributed by atoms with E-state index in [9.17, 15) is 4.79 Å². The minimum Gasteiger partial charge on any atom is -0.480 e. The first-order valence-electron chi connectivity index (χ1n) is 5.18. The van der Waals surface area contributed by atoms with Gasteiger partial charge in [-0.05, 0) is 25.7 Å². The van der Waals surface area contributed by atoms with E-state index in [-0.39, 0.29) is 6.54 Å². The highest BCUT2D eigenvalue weighted by Gasteiger charge is 2.17. The van der Waals surface area contributed by atoms with Crippen molar-refractivity contribution >= 4 is 11.9 Å². The summed E-state index contributed by atoms with van der Waals surface area (Å²) >= 11 is 0. The van der Waals surface area contributed by atoms with Crippen LogP contribution in [0.2, 0.25) is 0 Å². The number of carboxylic acids is 1. The molecule has 0 unspecified atom stereocenters. The van der Waals surface area contributed by atoms with Crippen LogP contribution in [0.3, 0.4) is 0 Å². The molecule has 0 fully saturated rings. The molecule has 1 aromatic heterocycles. The molecule has 0 saturated heterocycles. The molecule has 15 heavy (non-hydrogen) atoms. The van der Waals surface area contributed by atoms with E-state index in [2.05, 4.69) is 10.3 Å². The standard InChI is InChI=1S/C10H15N3O2/c1-13-8-5-3-2-4-7(8)12-10(13)11-6-9(14)15/h2-6H2,1H3,(H,11,12)(H,14,15). The molecule has 0 bridgehead atoms. The largest absolute Gasteiger partial charge is 0.480 e. The molecule has 1 aromatic rings. The van der Waals surface area contributed by atoms with Crippen molar-refractivity contribution in [3.8, 4) is 0 Å². The van der Waals surface area contributed by atoms with Crippen LogP contribution in [0, 0.1) is 0 Å². The van der Waals surface area contributed by atoms with Gasteiger partial charge in [-0.1, -0.05) is 0 Å². The Morgan fingerprint density at radius 1 is 1.53 bits per heavy atom. The van der Waals surface area contributed by atoms with Crippen LogP contribution in [0.4, 0.5) is 5.95 Å². The molecule has 1 aliphatic rings. The van der Waals surface area contributed by atoms with Crippen LogP contribution >= 0.6 is 0 Å². The molecule has 0 amide bonds. The fourth-order valence-electron chi connectivity index (χ4n) is 2.00. The predicted octanol–water partition coefficient (Wildman–Crippen LogP) is 0.795. The van der Waals surface area contributed by atoms with Gasteiger partial charge in [0.15, 0.2) is 0 Å². The van der Waals surface area contributed by atoms with Crippen molar-refractivity contribution in [3.63, 3.8) is 0 Å². The Morgan fingerprint density at radius 2 is 2.27 bits per heavy atom. The molecule has 2 rings (SSSR count). The fourth-order valence-corrected chi connectivity index (χ4v) is 2.00. The molecule has 1 aliphatic carbocycles. The van der Waals surface area contributed by atoms with Gasteiger partial charge in [0.05, 0.1) is 5.69 Å². The first kappa shape index (κ1) is 10.0. The minimum absolute atomic E-state index is 0.0796. The zero-order chi connectivity index (χ0) is 10.8. The van der Waals surface area contributed by atoms with Crippen molar-refractivity contribution in [2.24, 2.45) is 7.05 Å². The number of imidazole rings is 1. The van der Waals surface area contributed by atoms with E-state index < -0.39 is 5.97 Å². The quantitative estimate of drug-likeness (QED) is 0.772. The first-order chi connectivity index (χ1) is 7.18. The molecular weight excluding hydrogens is 194 g/mol. The zero-order valence-electron chi connectivity index (χ0n) is 8.79. The summed E-state index contributed by atoms with van der Waals surface area (Å²) in [5.74, 6) is -0.194. The normalized spacial score (nSPS) is 14.7. The second-order valence-electron chi connectivity index (χ2n) is 3.84. The van der Waals surface area contributed by atoms with E-state index in [0.717, 1.165) is 18.5 Å². The average Bonchev–Trinajstić information content (AvgIpc) is 2.54. The second-order valence-corrected chi connectivity index (χ2v) is 3.84. The maximum Gasteiger partial charge on any atom is 0.322 e. The van der Waals surface area contributed by atoms with Crippen LogP contribution in [0.1, 0.15) is 24.2 Å². The Morgan fingerprint density at radius 3 is 2.93 bits per heavy atom. The Labute approximate surface area is 88.1 Å². The number of carbonyl (C=O) groups is 1. The molecule has 0 spiro atoms. The van der Waals surface area contributed by atoms with Gasteiger partial charge in [0.25, 0.3) is 0 Å². The van der Waals surface area contributed by atoms with Gasteiger partial charge in [0.1, 0.15) is 6.54 Å². The number of nitrogens with one attached hydrogen (secondary N) is 1. The number of aryl methyl sites for hydroxylation is 1. The Hall–Kier alpha value is -1.52. The molecule has 0 aliphatic heterocycles. The first-order valence-corrected chi connectivity index (χ1v) is 5.18. The summed E-state index contributed by atoms with van der Waals surface area (Å²) in [5.41, 5.74) is 2.37. The van der Waals surface area contributed by atoms with Crippen LogP contribution in [0.5, 0.6) is 0 Å². The summed E-state index contributed by atoms with van der Waals surface area (Å²) < 4.78 is 1.97. The summed E-state index contributed by atoms with van der Waals surface area (Å²) in [6, 6.07) is 0. The van der Waals surface area contributed by atoms with Crippen molar-refractivity contribution in [2.45, 2.75) is 25.7 Å². The number of hydrogen-bond donors (Lipinski definition) is 2. The van der Waals surface area contributed by atoms with Crippen LogP contribution < -0.4 is 5.32 Å². The van der Waals surface area contributed by atoms with Crippen molar-refractivity contribution in [1.82, 2.24) is 9.55 Å². The molecule has 5 nitrogen and oxygen atoms in total. The van der Waals surface area contributed by atoms with E-state index in [1.54, 1.807) is 0 Å². The molecule has 0 saturated carbocycles. The molecule has 0 radical (unpaired) electrons. The Balaban J connectivity index is 2.18. The van der Waals surface area contributed by atoms with Crippen molar-refractivity contribution in [2.75, 3.05) is 11.9 Å². The highest BCUT2D eigenvalue weighted by atomic mass is 16.4. The lowest BCUT2D eigenvalue weighted by molar-refractivity contribution is -0.134. The summed E-state index contributed by atoms with van der Waals surface area (Å²) in [4.78, 5) is 14.8. The number of carboxylic acid groups (broad SMARTS) is 1. The maximum atomic E-state index is 10.4. The van der Waals surface area contributed by atoms with Crippen molar-refractivity contribution in [3.05, 3.63) is 11.4 Å². The number of rotatable bonds is 3. The van der Waals surface area contributed by atoms with Gasteiger partial charge in [-0.2, -0.15) is 0 Å². The molecule has 82 valence electrons. The van der Waals surface area contributed by atoms with Crippen LogP contribution in [-0.4, -0.2) is 27.2 Å². The Kier molecular flexibility index (Phi) is 2.62. The highest BCUT2D eigenvalue weighted by Crippen LogP contribution is 2.23. The molecule has 0 atom stereocenters. The number of aromatic nitrogens is 2. The molecule has 0 aromatic carbocycles. The van der Waals surface area contributed by atoms with Crippen LogP contribution in [0.15, 0.2) is 0 Å². The van der Waals surface area contributed by atoms with E-state index in [4.69, 9.17) is 5.11 Å². The summed E-state index contributed by atoms with van der Waals surface area (Å²) in [5, 5.41) is 11.4. The number of fused-ring (bicyclic) bond motifs is 1. The fraction of sp³-hybridized carbons (Fsp3) is 0.600. The number of hydrogen-bond acceptors (Lipinski definition) is 3. The predicted molar refractivity (Wildman–Crippen MR) is 56.0 cm³/mol. The van der Waals surface area contributed by atoms with E-state index >= 15 is 0 Å². The van der Waals surface area contributed by atoms with Gasteiger partial charge >= 0.3 is 5.97 Å². The topological polar surface area (TPSA) is 67.2 Å². The Bertz CT molecular complexity index is 384. The lowest BCUT2D eigenvalue weighted by Gasteiger charge is -2.11. The molecule has 2 N–H and O–H groups in total. The second kappa shape index (κ2) is 3.92. The van der Waals surface area contributed by atoms with E-state index in [1.165, 1.54) is 18.5 Å². The van der Waals surface area contributed by atoms with Crippen molar-refractivity contribution in [1.29, 1.82) is 0 Å². The van der Waals surface area contributed by atoms with Gasteiger partial charge in [-0.15, -0.1) is 0 Å². The molecule has 5 heteroatoms. The van der Waals surface area contributed by atoms with E-state index in [1.807, 2.05) is 11.6 Å². The molecular formula is C10H15N3O2. The third-order valence-corrected chi connectivity index (χ3v) is 2.77. The lowest BCUT2D eigenvalue weighted by atomic mass is 10.0. The van der Waals surface area contributed by atoms with Gasteiger partial charge in [0.2, 0.25) is 5.95 Å². The SMILES string of the molecule is Cn1c(NCC(=O)O)nc2c1CCCC2. The van der Waals surface area contributed by atoms with Crippen LogP contribution in [0.25, 0.3) is 0 Å². The third kappa shape index (κ3) is 1.95. The number of aliphatic carboxylic acids is 1. The molecule has 1 heterocycles. The number of nitrogens with zero attached hydrogens (tertiary/aromatic N) is 2. The summed E-state index contributed by atoms with van der Waals surface area (Å²) in [7, 11) is 1.93. The number of anilines is 1. The van der Waals surface area contributed by atoms with Gasteiger partial charge in [-0.25, -0.2) is 4.98 Å². The third-order valence-electron chi connectivity index (χ3n) is 2.77. The van der Waals surface area contributed by atoms with Gasteiger partial charge in [-0.3, -0.25) is 4.79 Å². The van der Waals surface area contributed by atoms with Gasteiger partial charge < -0.3 is 15.0 Å². The maximum absolute atomic E-state index is 10.4.